The van der Waals surface area contributed by atoms with E-state index in [1.165, 1.54) is 0 Å². The maximum Gasteiger partial charge on any atom is 0.249 e. The summed E-state index contributed by atoms with van der Waals surface area (Å²) >= 11 is 12.7. The van der Waals surface area contributed by atoms with Crippen LogP contribution in [0, 0.1) is 0 Å². The fraction of sp³-hybridized carbons (Fsp3) is 0.333. The second-order valence-electron chi connectivity index (χ2n) is 10.1. The number of β-amino-alcohol motifs (C(OH)–C–C–N with tert-alkyl or cyclic N) is 1. The number of amides is 2. The van der Waals surface area contributed by atoms with E-state index < -0.39 is 5.54 Å². The van der Waals surface area contributed by atoms with E-state index in [9.17, 15) is 14.7 Å². The predicted molar refractivity (Wildman–Crippen MR) is 154 cm³/mol. The van der Waals surface area contributed by atoms with Crippen LogP contribution >= 0.6 is 23.2 Å². The minimum absolute atomic E-state index is 0.0322. The number of hydrogen-bond donors (Lipinski definition) is 2. The van der Waals surface area contributed by atoms with Crippen molar-refractivity contribution in [2.24, 2.45) is 0 Å². The maximum absolute atomic E-state index is 14.1. The molecule has 0 radical (unpaired) electrons. The molecule has 7 nitrogen and oxygen atoms in total. The number of nitrogens with zero attached hydrogens (tertiary/aromatic N) is 3. The molecule has 0 unspecified atom stereocenters. The Morgan fingerprint density at radius 2 is 1.64 bits per heavy atom. The van der Waals surface area contributed by atoms with Crippen molar-refractivity contribution < 1.29 is 14.7 Å². The summed E-state index contributed by atoms with van der Waals surface area (Å²) in [5.74, 6) is -0.230. The molecule has 0 aromatic heterocycles. The number of hydrogen-bond acceptors (Lipinski definition) is 5. The standard InChI is InChI=1S/C30H32Cl2N4O3/c31-24-8-4-7-23(17-24)19-30(26-10-9-25(32)18-27(26)33-29(30)39)36(20-22-5-2-1-3-6-22)21-28(38)35-13-11-34(12-14-35)15-16-37/h1-10,17-18,37H,11-16,19-21H2,(H,33,39)/t30-/m0/s1. The summed E-state index contributed by atoms with van der Waals surface area (Å²) in [7, 11) is 0. The lowest BCUT2D eigenvalue weighted by atomic mass is 9.82. The number of carbonyl (C=O) groups excluding carboxylic acids is 2. The van der Waals surface area contributed by atoms with E-state index in [0.29, 0.717) is 61.4 Å². The number of halogens is 2. The van der Waals surface area contributed by atoms with Crippen LogP contribution in [-0.2, 0) is 28.1 Å². The zero-order valence-electron chi connectivity index (χ0n) is 21.7. The van der Waals surface area contributed by atoms with Crippen LogP contribution in [0.4, 0.5) is 5.69 Å². The number of anilines is 1. The number of carbonyl (C=O) groups is 2. The van der Waals surface area contributed by atoms with E-state index in [4.69, 9.17) is 23.2 Å². The average molecular weight is 568 g/mol. The van der Waals surface area contributed by atoms with Crippen LogP contribution in [0.1, 0.15) is 16.7 Å². The molecule has 5 rings (SSSR count). The minimum Gasteiger partial charge on any atom is -0.395 e. The fourth-order valence-electron chi connectivity index (χ4n) is 5.63. The van der Waals surface area contributed by atoms with Gasteiger partial charge in [0.1, 0.15) is 5.54 Å². The lowest BCUT2D eigenvalue weighted by molar-refractivity contribution is -0.139. The molecule has 2 N–H and O–H groups in total. The van der Waals surface area contributed by atoms with Crippen LogP contribution in [0.2, 0.25) is 10.0 Å². The summed E-state index contributed by atoms with van der Waals surface area (Å²) in [6.07, 6.45) is 0.332. The molecule has 0 bridgehead atoms. The molecule has 1 atom stereocenters. The van der Waals surface area contributed by atoms with Crippen LogP contribution in [0.3, 0.4) is 0 Å². The van der Waals surface area contributed by atoms with E-state index in [1.54, 1.807) is 12.1 Å². The molecule has 9 heteroatoms. The molecule has 39 heavy (non-hydrogen) atoms. The van der Waals surface area contributed by atoms with Crippen molar-refractivity contribution in [2.75, 3.05) is 51.2 Å². The highest BCUT2D eigenvalue weighted by Crippen LogP contribution is 2.45. The Bertz CT molecular complexity index is 1330. The first-order valence-electron chi connectivity index (χ1n) is 13.1. The summed E-state index contributed by atoms with van der Waals surface area (Å²) in [4.78, 5) is 33.9. The van der Waals surface area contributed by atoms with Crippen LogP contribution in [0.25, 0.3) is 0 Å². The first-order valence-corrected chi connectivity index (χ1v) is 13.9. The first kappa shape index (κ1) is 27.6. The minimum atomic E-state index is -1.16. The lowest BCUT2D eigenvalue weighted by Gasteiger charge is -2.41. The third-order valence-electron chi connectivity index (χ3n) is 7.62. The van der Waals surface area contributed by atoms with Gasteiger partial charge in [-0.1, -0.05) is 71.7 Å². The third-order valence-corrected chi connectivity index (χ3v) is 8.09. The van der Waals surface area contributed by atoms with Crippen molar-refractivity contribution in [1.29, 1.82) is 0 Å². The summed E-state index contributed by atoms with van der Waals surface area (Å²) < 4.78 is 0. The average Bonchev–Trinajstić information content (AvgIpc) is 3.20. The molecule has 0 aliphatic carbocycles. The number of piperazine rings is 1. The van der Waals surface area contributed by atoms with Gasteiger partial charge in [-0.25, -0.2) is 0 Å². The molecule has 204 valence electrons. The predicted octanol–water partition coefficient (Wildman–Crippen LogP) is 4.02. The van der Waals surface area contributed by atoms with Gasteiger partial charge in [0.25, 0.3) is 0 Å². The Hall–Kier alpha value is -2.94. The molecule has 0 saturated carbocycles. The first-order chi connectivity index (χ1) is 18.9. The quantitative estimate of drug-likeness (QED) is 0.409. The van der Waals surface area contributed by atoms with Crippen LogP contribution in [0.5, 0.6) is 0 Å². The van der Waals surface area contributed by atoms with Crippen LogP contribution in [-0.4, -0.2) is 77.5 Å². The molecule has 1 saturated heterocycles. The molecular formula is C30H32Cl2N4O3. The zero-order chi connectivity index (χ0) is 27.4. The van der Waals surface area contributed by atoms with E-state index in [2.05, 4.69) is 10.2 Å². The van der Waals surface area contributed by atoms with Crippen molar-refractivity contribution >= 4 is 40.7 Å². The van der Waals surface area contributed by atoms with Crippen molar-refractivity contribution in [3.63, 3.8) is 0 Å². The Labute approximate surface area is 238 Å². The number of benzene rings is 3. The number of aliphatic hydroxyl groups excluding tert-OH is 1. The van der Waals surface area contributed by atoms with Gasteiger partial charge in [0, 0.05) is 67.0 Å². The third kappa shape index (κ3) is 5.98. The Kier molecular flexibility index (Phi) is 8.54. The highest BCUT2D eigenvalue weighted by atomic mass is 35.5. The van der Waals surface area contributed by atoms with Gasteiger partial charge in [0.15, 0.2) is 0 Å². The molecule has 2 aliphatic heterocycles. The van der Waals surface area contributed by atoms with Crippen molar-refractivity contribution in [3.8, 4) is 0 Å². The second kappa shape index (κ2) is 12.1. The molecule has 2 amide bonds. The number of fused-ring (bicyclic) bond motifs is 1. The van der Waals surface area contributed by atoms with Gasteiger partial charge in [0.05, 0.1) is 13.2 Å². The summed E-state index contributed by atoms with van der Waals surface area (Å²) in [5.41, 5.74) is 2.17. The van der Waals surface area contributed by atoms with Gasteiger partial charge < -0.3 is 15.3 Å². The summed E-state index contributed by atoms with van der Waals surface area (Å²) in [5, 5.41) is 13.4. The molecule has 3 aromatic carbocycles. The van der Waals surface area contributed by atoms with Crippen molar-refractivity contribution in [1.82, 2.24) is 14.7 Å². The van der Waals surface area contributed by atoms with E-state index >= 15 is 0 Å². The lowest BCUT2D eigenvalue weighted by Crippen LogP contribution is -2.57. The van der Waals surface area contributed by atoms with Gasteiger partial charge in [-0.3, -0.25) is 19.4 Å². The largest absolute Gasteiger partial charge is 0.395 e. The van der Waals surface area contributed by atoms with E-state index in [1.807, 2.05) is 70.5 Å². The monoisotopic (exact) mass is 566 g/mol. The molecule has 2 aliphatic rings. The van der Waals surface area contributed by atoms with Gasteiger partial charge in [-0.05, 0) is 35.4 Å². The van der Waals surface area contributed by atoms with E-state index in [-0.39, 0.29) is 25.0 Å². The SMILES string of the molecule is O=C(CN(Cc1ccccc1)[C@]1(Cc2cccc(Cl)c2)C(=O)Nc2cc(Cl)ccc21)N1CCN(CCO)CC1. The van der Waals surface area contributed by atoms with Gasteiger partial charge >= 0.3 is 0 Å². The normalized spacial score (nSPS) is 19.3. The highest BCUT2D eigenvalue weighted by molar-refractivity contribution is 6.31. The second-order valence-corrected chi connectivity index (χ2v) is 11.0. The maximum atomic E-state index is 14.1. The smallest absolute Gasteiger partial charge is 0.249 e. The molecule has 0 spiro atoms. The topological polar surface area (TPSA) is 76.1 Å². The van der Waals surface area contributed by atoms with Gasteiger partial charge in [-0.2, -0.15) is 0 Å². The summed E-state index contributed by atoms with van der Waals surface area (Å²) in [6, 6.07) is 22.8. The van der Waals surface area contributed by atoms with Crippen molar-refractivity contribution in [3.05, 3.63) is 99.5 Å². The Morgan fingerprint density at radius 3 is 2.36 bits per heavy atom. The van der Waals surface area contributed by atoms with Gasteiger partial charge in [0.2, 0.25) is 11.8 Å². The molecule has 1 fully saturated rings. The Balaban J connectivity index is 1.54. The number of rotatable bonds is 9. The van der Waals surface area contributed by atoms with Crippen LogP contribution < -0.4 is 5.32 Å². The molecular weight excluding hydrogens is 535 g/mol. The van der Waals surface area contributed by atoms with Crippen LogP contribution in [0.15, 0.2) is 72.8 Å². The van der Waals surface area contributed by atoms with E-state index in [0.717, 1.165) is 16.7 Å². The Morgan fingerprint density at radius 1 is 0.923 bits per heavy atom. The van der Waals surface area contributed by atoms with Gasteiger partial charge in [-0.15, -0.1) is 0 Å². The number of nitrogens with one attached hydrogen (secondary N) is 1. The summed E-state index contributed by atoms with van der Waals surface area (Å²) in [6.45, 7) is 3.74. The zero-order valence-corrected chi connectivity index (χ0v) is 23.2. The fourth-order valence-corrected chi connectivity index (χ4v) is 6.01. The molecule has 3 aromatic rings. The highest BCUT2D eigenvalue weighted by Gasteiger charge is 2.52. The van der Waals surface area contributed by atoms with Crippen molar-refractivity contribution in [2.45, 2.75) is 18.5 Å². The molecule has 2 heterocycles. The number of aliphatic hydroxyl groups is 1.